The summed E-state index contributed by atoms with van der Waals surface area (Å²) in [6, 6.07) is -0.411. The number of aryl methyl sites for hydroxylation is 2. The van der Waals surface area contributed by atoms with Gasteiger partial charge in [0.2, 0.25) is 0 Å². The highest BCUT2D eigenvalue weighted by Gasteiger charge is 2.20. The van der Waals surface area contributed by atoms with E-state index in [0.717, 1.165) is 11.3 Å². The maximum Gasteiger partial charge on any atom is 0.154 e. The lowest BCUT2D eigenvalue weighted by Gasteiger charge is -2.12. The van der Waals surface area contributed by atoms with Gasteiger partial charge < -0.3 is 5.73 Å². The molecule has 0 spiro atoms. The third-order valence-corrected chi connectivity index (χ3v) is 3.23. The number of hydrogen-bond acceptors (Lipinski definition) is 3. The molecule has 0 aromatic carbocycles. The highest BCUT2D eigenvalue weighted by Crippen LogP contribution is 2.20. The van der Waals surface area contributed by atoms with Gasteiger partial charge in [-0.15, -0.1) is 0 Å². The van der Waals surface area contributed by atoms with E-state index < -0.39 is 6.04 Å². The Morgan fingerprint density at radius 3 is 2.53 bits per heavy atom. The van der Waals surface area contributed by atoms with Crippen LogP contribution in [0.5, 0.6) is 0 Å². The molecule has 5 heteroatoms. The van der Waals surface area contributed by atoms with Gasteiger partial charge in [-0.2, -0.15) is 5.10 Å². The fourth-order valence-electron chi connectivity index (χ4n) is 1.82. The molecule has 1 aromatic heterocycles. The lowest BCUT2D eigenvalue weighted by Crippen LogP contribution is -2.33. The Morgan fingerprint density at radius 1 is 1.53 bits per heavy atom. The first-order chi connectivity index (χ1) is 7.82. The van der Waals surface area contributed by atoms with Crippen molar-refractivity contribution in [2.45, 2.75) is 39.7 Å². The van der Waals surface area contributed by atoms with Crippen molar-refractivity contribution in [3.8, 4) is 0 Å². The molecule has 1 atom stereocenters. The van der Waals surface area contributed by atoms with Crippen LogP contribution in [-0.2, 0) is 18.3 Å². The second kappa shape index (κ2) is 5.65. The van der Waals surface area contributed by atoms with Gasteiger partial charge in [-0.05, 0) is 19.3 Å². The van der Waals surface area contributed by atoms with E-state index in [4.69, 9.17) is 17.3 Å². The number of Topliss-reactive ketones (excluding diaryl/α,β-unsaturated/α-hetero) is 1. The molecule has 96 valence electrons. The van der Waals surface area contributed by atoms with Gasteiger partial charge in [0.15, 0.2) is 5.78 Å². The quantitative estimate of drug-likeness (QED) is 0.876. The molecular formula is C12H20ClN3O. The van der Waals surface area contributed by atoms with Gasteiger partial charge in [0.05, 0.1) is 11.7 Å². The number of carbonyl (C=O) groups excluding carboxylic acids is 1. The number of nitrogens with zero attached hydrogens (tertiary/aromatic N) is 2. The van der Waals surface area contributed by atoms with Gasteiger partial charge in [0.25, 0.3) is 0 Å². The first-order valence-electron chi connectivity index (χ1n) is 5.79. The lowest BCUT2D eigenvalue weighted by molar-refractivity contribution is -0.120. The van der Waals surface area contributed by atoms with Gasteiger partial charge in [0.1, 0.15) is 5.15 Å². The maximum absolute atomic E-state index is 11.9. The molecule has 0 aliphatic heterocycles. The average molecular weight is 258 g/mol. The van der Waals surface area contributed by atoms with Crippen LogP contribution in [0.25, 0.3) is 0 Å². The summed E-state index contributed by atoms with van der Waals surface area (Å²) in [7, 11) is 1.76. The third-order valence-electron chi connectivity index (χ3n) is 2.76. The molecule has 4 nitrogen and oxygen atoms in total. The Morgan fingerprint density at radius 2 is 2.12 bits per heavy atom. The summed E-state index contributed by atoms with van der Waals surface area (Å²) in [5.41, 5.74) is 7.44. The third kappa shape index (κ3) is 3.54. The summed E-state index contributed by atoms with van der Waals surface area (Å²) in [4.78, 5) is 11.9. The van der Waals surface area contributed by atoms with Crippen molar-refractivity contribution >= 4 is 17.4 Å². The Kier molecular flexibility index (Phi) is 4.71. The Balaban J connectivity index is 2.74. The van der Waals surface area contributed by atoms with Crippen LogP contribution in [0.1, 0.15) is 31.5 Å². The predicted octanol–water partition coefficient (Wildman–Crippen LogP) is 1.87. The standard InChI is InChI=1S/C12H20ClN3O/c1-7(2)5-10(14)11(17)6-9-8(3)15-16(4)12(9)13/h7,10H,5-6,14H2,1-4H3. The topological polar surface area (TPSA) is 60.9 Å². The summed E-state index contributed by atoms with van der Waals surface area (Å²) in [5.74, 6) is 0.441. The minimum atomic E-state index is -0.411. The summed E-state index contributed by atoms with van der Waals surface area (Å²) in [6.07, 6.45) is 0.974. The fourth-order valence-corrected chi connectivity index (χ4v) is 2.06. The Bertz CT molecular complexity index is 412. The zero-order chi connectivity index (χ0) is 13.2. The molecule has 0 saturated heterocycles. The van der Waals surface area contributed by atoms with E-state index in [1.54, 1.807) is 11.7 Å². The van der Waals surface area contributed by atoms with Crippen LogP contribution in [-0.4, -0.2) is 21.6 Å². The Labute approximate surface area is 107 Å². The number of carbonyl (C=O) groups is 1. The summed E-state index contributed by atoms with van der Waals surface area (Å²) < 4.78 is 1.58. The molecule has 1 unspecified atom stereocenters. The van der Waals surface area contributed by atoms with Crippen molar-refractivity contribution in [1.82, 2.24) is 9.78 Å². The largest absolute Gasteiger partial charge is 0.321 e. The second-order valence-electron chi connectivity index (χ2n) is 4.86. The first kappa shape index (κ1) is 14.2. The van der Waals surface area contributed by atoms with E-state index >= 15 is 0 Å². The normalized spacial score (nSPS) is 13.1. The molecule has 1 heterocycles. The Hall–Kier alpha value is -0.870. The lowest BCUT2D eigenvalue weighted by atomic mass is 9.97. The number of hydrogen-bond donors (Lipinski definition) is 1. The SMILES string of the molecule is Cc1nn(C)c(Cl)c1CC(=O)C(N)CC(C)C. The van der Waals surface area contributed by atoms with Gasteiger partial charge >= 0.3 is 0 Å². The molecule has 0 aliphatic carbocycles. The van der Waals surface area contributed by atoms with E-state index in [2.05, 4.69) is 18.9 Å². The van der Waals surface area contributed by atoms with Crippen LogP contribution >= 0.6 is 11.6 Å². The second-order valence-corrected chi connectivity index (χ2v) is 5.22. The van der Waals surface area contributed by atoms with Crippen molar-refractivity contribution < 1.29 is 4.79 Å². The monoisotopic (exact) mass is 257 g/mol. The van der Waals surface area contributed by atoms with E-state index in [-0.39, 0.29) is 12.2 Å². The van der Waals surface area contributed by atoms with Crippen LogP contribution in [0.2, 0.25) is 5.15 Å². The molecule has 1 rings (SSSR count). The molecule has 0 fully saturated rings. The van der Waals surface area contributed by atoms with Crippen LogP contribution in [0, 0.1) is 12.8 Å². The number of ketones is 1. The fraction of sp³-hybridized carbons (Fsp3) is 0.667. The van der Waals surface area contributed by atoms with Gasteiger partial charge in [-0.3, -0.25) is 9.48 Å². The molecule has 0 radical (unpaired) electrons. The van der Waals surface area contributed by atoms with Gasteiger partial charge in [0, 0.05) is 19.0 Å². The van der Waals surface area contributed by atoms with Gasteiger partial charge in [-0.1, -0.05) is 25.4 Å². The molecule has 0 aliphatic rings. The van der Waals surface area contributed by atoms with E-state index in [9.17, 15) is 4.79 Å². The van der Waals surface area contributed by atoms with Crippen molar-refractivity contribution in [2.24, 2.45) is 18.7 Å². The minimum absolute atomic E-state index is 0.0247. The minimum Gasteiger partial charge on any atom is -0.321 e. The van der Waals surface area contributed by atoms with Crippen molar-refractivity contribution in [3.05, 3.63) is 16.4 Å². The predicted molar refractivity (Wildman–Crippen MR) is 69.1 cm³/mol. The van der Waals surface area contributed by atoms with E-state index in [1.165, 1.54) is 0 Å². The summed E-state index contributed by atoms with van der Waals surface area (Å²) >= 11 is 6.08. The van der Waals surface area contributed by atoms with Gasteiger partial charge in [-0.25, -0.2) is 0 Å². The number of nitrogens with two attached hydrogens (primary N) is 1. The molecule has 0 amide bonds. The number of rotatable bonds is 5. The number of aromatic nitrogens is 2. The summed E-state index contributed by atoms with van der Waals surface area (Å²) in [5, 5.41) is 4.70. The first-order valence-corrected chi connectivity index (χ1v) is 6.17. The van der Waals surface area contributed by atoms with Crippen LogP contribution in [0.3, 0.4) is 0 Å². The highest BCUT2D eigenvalue weighted by atomic mass is 35.5. The van der Waals surface area contributed by atoms with Crippen molar-refractivity contribution in [3.63, 3.8) is 0 Å². The van der Waals surface area contributed by atoms with Crippen LogP contribution in [0.15, 0.2) is 0 Å². The average Bonchev–Trinajstić information content (AvgIpc) is 2.44. The zero-order valence-electron chi connectivity index (χ0n) is 10.8. The molecule has 0 saturated carbocycles. The molecule has 17 heavy (non-hydrogen) atoms. The van der Waals surface area contributed by atoms with E-state index in [0.29, 0.717) is 17.5 Å². The van der Waals surface area contributed by atoms with Crippen LogP contribution in [0.4, 0.5) is 0 Å². The molecular weight excluding hydrogens is 238 g/mol. The van der Waals surface area contributed by atoms with Crippen molar-refractivity contribution in [2.75, 3.05) is 0 Å². The smallest absolute Gasteiger partial charge is 0.154 e. The molecule has 0 bridgehead atoms. The van der Waals surface area contributed by atoms with Crippen molar-refractivity contribution in [1.29, 1.82) is 0 Å². The summed E-state index contributed by atoms with van der Waals surface area (Å²) in [6.45, 7) is 5.95. The zero-order valence-corrected chi connectivity index (χ0v) is 11.6. The molecule has 1 aromatic rings. The highest BCUT2D eigenvalue weighted by molar-refractivity contribution is 6.30. The van der Waals surface area contributed by atoms with E-state index in [1.807, 2.05) is 6.92 Å². The number of halogens is 1. The van der Waals surface area contributed by atoms with Crippen LogP contribution < -0.4 is 5.73 Å². The molecule has 2 N–H and O–H groups in total. The maximum atomic E-state index is 11.9.